The van der Waals surface area contributed by atoms with Crippen molar-refractivity contribution in [3.8, 4) is 17.1 Å². The summed E-state index contributed by atoms with van der Waals surface area (Å²) in [4.78, 5) is 4.42. The molecule has 0 aliphatic carbocycles. The third kappa shape index (κ3) is 2.02. The lowest BCUT2D eigenvalue weighted by Crippen LogP contribution is -1.95. The van der Waals surface area contributed by atoms with Crippen molar-refractivity contribution in [1.82, 2.24) is 14.6 Å². The maximum atomic E-state index is 13.0. The second-order valence-corrected chi connectivity index (χ2v) is 4.29. The number of halogens is 2. The lowest BCUT2D eigenvalue weighted by atomic mass is 10.1. The number of benzene rings is 1. The Morgan fingerprint density at radius 2 is 1.89 bits per heavy atom. The molecule has 19 heavy (non-hydrogen) atoms. The average Bonchev–Trinajstić information content (AvgIpc) is 2.77. The summed E-state index contributed by atoms with van der Waals surface area (Å²) in [7, 11) is 1.53. The van der Waals surface area contributed by atoms with Crippen LogP contribution in [-0.2, 0) is 0 Å². The van der Waals surface area contributed by atoms with Gasteiger partial charge in [-0.05, 0) is 36.4 Å². The molecule has 3 rings (SSSR count). The van der Waals surface area contributed by atoms with Crippen LogP contribution >= 0.6 is 11.6 Å². The van der Waals surface area contributed by atoms with Crippen LogP contribution in [0, 0.1) is 5.82 Å². The van der Waals surface area contributed by atoms with Gasteiger partial charge in [0.2, 0.25) is 5.88 Å². The van der Waals surface area contributed by atoms with Crippen LogP contribution in [-0.4, -0.2) is 21.7 Å². The molecule has 0 saturated carbocycles. The van der Waals surface area contributed by atoms with Gasteiger partial charge in [0, 0.05) is 5.56 Å². The Bertz CT molecular complexity index is 739. The van der Waals surface area contributed by atoms with Gasteiger partial charge in [0.05, 0.1) is 7.11 Å². The molecule has 0 unspecified atom stereocenters. The quantitative estimate of drug-likeness (QED) is 0.722. The monoisotopic (exact) mass is 277 g/mol. The first-order valence-corrected chi connectivity index (χ1v) is 5.92. The lowest BCUT2D eigenvalue weighted by Gasteiger charge is -2.02. The Kier molecular flexibility index (Phi) is 2.83. The second-order valence-electron chi connectivity index (χ2n) is 3.90. The second kappa shape index (κ2) is 4.51. The third-order valence-corrected chi connectivity index (χ3v) is 2.92. The van der Waals surface area contributed by atoms with Gasteiger partial charge in [-0.2, -0.15) is 9.61 Å². The molecular formula is C13H9ClFN3O. The van der Waals surface area contributed by atoms with Gasteiger partial charge in [-0.3, -0.25) is 0 Å². The summed E-state index contributed by atoms with van der Waals surface area (Å²) in [6, 6.07) is 9.42. The zero-order chi connectivity index (χ0) is 13.4. The van der Waals surface area contributed by atoms with Crippen LogP contribution in [0.2, 0.25) is 5.15 Å². The van der Waals surface area contributed by atoms with E-state index in [1.54, 1.807) is 24.3 Å². The number of hydrogen-bond acceptors (Lipinski definition) is 3. The number of nitrogens with zero attached hydrogens (tertiary/aromatic N) is 3. The van der Waals surface area contributed by atoms with Crippen molar-refractivity contribution < 1.29 is 9.13 Å². The van der Waals surface area contributed by atoms with E-state index in [1.807, 2.05) is 0 Å². The van der Waals surface area contributed by atoms with Gasteiger partial charge in [-0.15, -0.1) is 0 Å². The van der Waals surface area contributed by atoms with Crippen LogP contribution in [0.25, 0.3) is 16.9 Å². The molecule has 96 valence electrons. The van der Waals surface area contributed by atoms with E-state index in [4.69, 9.17) is 16.3 Å². The molecule has 0 spiro atoms. The minimum atomic E-state index is -0.298. The van der Waals surface area contributed by atoms with Crippen LogP contribution in [0.1, 0.15) is 0 Å². The molecule has 0 N–H and O–H groups in total. The van der Waals surface area contributed by atoms with Crippen molar-refractivity contribution >= 4 is 17.2 Å². The summed E-state index contributed by atoms with van der Waals surface area (Å²) < 4.78 is 19.8. The molecule has 4 nitrogen and oxygen atoms in total. The van der Waals surface area contributed by atoms with Crippen LogP contribution in [0.4, 0.5) is 4.39 Å². The molecule has 2 heterocycles. The van der Waals surface area contributed by atoms with Crippen molar-refractivity contribution in [3.05, 3.63) is 47.4 Å². The molecule has 0 aliphatic rings. The highest BCUT2D eigenvalue weighted by Crippen LogP contribution is 2.30. The van der Waals surface area contributed by atoms with Gasteiger partial charge in [-0.1, -0.05) is 11.6 Å². The van der Waals surface area contributed by atoms with Crippen molar-refractivity contribution in [1.29, 1.82) is 0 Å². The predicted molar refractivity (Wildman–Crippen MR) is 69.9 cm³/mol. The summed E-state index contributed by atoms with van der Waals surface area (Å²) in [6.07, 6.45) is 0. The largest absolute Gasteiger partial charge is 0.479 e. The summed E-state index contributed by atoms with van der Waals surface area (Å²) in [5, 5.41) is 4.47. The smallest absolute Gasteiger partial charge is 0.243 e. The molecule has 0 fully saturated rings. The molecule has 6 heteroatoms. The molecule has 0 atom stereocenters. The van der Waals surface area contributed by atoms with Gasteiger partial charge in [0.1, 0.15) is 16.7 Å². The Hall–Kier alpha value is -2.14. The number of methoxy groups -OCH3 is 1. The summed E-state index contributed by atoms with van der Waals surface area (Å²) in [6.45, 7) is 0. The highest BCUT2D eigenvalue weighted by molar-refractivity contribution is 6.29. The minimum absolute atomic E-state index is 0.298. The van der Waals surface area contributed by atoms with Crippen LogP contribution < -0.4 is 4.74 Å². The summed E-state index contributed by atoms with van der Waals surface area (Å²) >= 11 is 5.86. The van der Waals surface area contributed by atoms with Crippen LogP contribution in [0.5, 0.6) is 5.88 Å². The van der Waals surface area contributed by atoms with E-state index in [1.165, 1.54) is 23.8 Å². The normalized spacial score (nSPS) is 10.9. The highest BCUT2D eigenvalue weighted by atomic mass is 35.5. The molecule has 3 aromatic rings. The van der Waals surface area contributed by atoms with Crippen molar-refractivity contribution in [2.24, 2.45) is 0 Å². The molecule has 0 amide bonds. The summed E-state index contributed by atoms with van der Waals surface area (Å²) in [5.41, 5.74) is 1.96. The standard InChI is InChI=1S/C13H9ClFN3O/c1-19-13-12(8-2-4-9(15)5-3-8)16-11-7-6-10(14)17-18(11)13/h2-7H,1H3. The molecule has 1 aromatic carbocycles. The first-order valence-electron chi connectivity index (χ1n) is 5.54. The van der Waals surface area contributed by atoms with E-state index in [0.717, 1.165) is 5.56 Å². The Morgan fingerprint density at radius 1 is 1.16 bits per heavy atom. The number of imidazole rings is 1. The van der Waals surface area contributed by atoms with E-state index in [2.05, 4.69) is 10.1 Å². The Labute approximate surface area is 113 Å². The third-order valence-electron chi connectivity index (χ3n) is 2.71. The lowest BCUT2D eigenvalue weighted by molar-refractivity contribution is 0.389. The zero-order valence-electron chi connectivity index (χ0n) is 9.97. The van der Waals surface area contributed by atoms with Gasteiger partial charge in [0.15, 0.2) is 5.65 Å². The number of ether oxygens (including phenoxy) is 1. The van der Waals surface area contributed by atoms with Gasteiger partial charge >= 0.3 is 0 Å². The van der Waals surface area contributed by atoms with Crippen LogP contribution in [0.3, 0.4) is 0 Å². The van der Waals surface area contributed by atoms with E-state index >= 15 is 0 Å². The fourth-order valence-corrected chi connectivity index (χ4v) is 2.01. The van der Waals surface area contributed by atoms with Gasteiger partial charge in [0.25, 0.3) is 0 Å². The Morgan fingerprint density at radius 3 is 2.58 bits per heavy atom. The molecule has 0 aliphatic heterocycles. The van der Waals surface area contributed by atoms with E-state index in [9.17, 15) is 4.39 Å². The first-order chi connectivity index (χ1) is 9.19. The predicted octanol–water partition coefficient (Wildman–Crippen LogP) is 3.20. The molecular weight excluding hydrogens is 269 g/mol. The maximum absolute atomic E-state index is 13.0. The number of rotatable bonds is 2. The summed E-state index contributed by atoms with van der Waals surface area (Å²) in [5.74, 6) is 0.164. The number of aromatic nitrogens is 3. The molecule has 0 saturated heterocycles. The average molecular weight is 278 g/mol. The number of hydrogen-bond donors (Lipinski definition) is 0. The van der Waals surface area contributed by atoms with E-state index in [0.29, 0.717) is 22.4 Å². The fraction of sp³-hybridized carbons (Fsp3) is 0.0769. The van der Waals surface area contributed by atoms with Crippen molar-refractivity contribution in [2.45, 2.75) is 0 Å². The van der Waals surface area contributed by atoms with Gasteiger partial charge in [-0.25, -0.2) is 9.37 Å². The first kappa shape index (κ1) is 11.9. The van der Waals surface area contributed by atoms with Crippen molar-refractivity contribution in [2.75, 3.05) is 7.11 Å². The molecule has 0 radical (unpaired) electrons. The van der Waals surface area contributed by atoms with Gasteiger partial charge < -0.3 is 4.74 Å². The minimum Gasteiger partial charge on any atom is -0.479 e. The molecule has 0 bridgehead atoms. The SMILES string of the molecule is COc1c(-c2ccc(F)cc2)nc2ccc(Cl)nn12. The fourth-order valence-electron chi connectivity index (χ4n) is 1.87. The van der Waals surface area contributed by atoms with Crippen LogP contribution in [0.15, 0.2) is 36.4 Å². The zero-order valence-corrected chi connectivity index (χ0v) is 10.7. The van der Waals surface area contributed by atoms with E-state index < -0.39 is 0 Å². The van der Waals surface area contributed by atoms with E-state index in [-0.39, 0.29) is 5.82 Å². The maximum Gasteiger partial charge on any atom is 0.243 e. The molecule has 2 aromatic heterocycles. The number of fused-ring (bicyclic) bond motifs is 1. The highest BCUT2D eigenvalue weighted by Gasteiger charge is 2.15. The Balaban J connectivity index is 2.25. The topological polar surface area (TPSA) is 39.4 Å². The van der Waals surface area contributed by atoms with Crippen molar-refractivity contribution in [3.63, 3.8) is 0 Å².